The summed E-state index contributed by atoms with van der Waals surface area (Å²) in [6.07, 6.45) is 3.05. The summed E-state index contributed by atoms with van der Waals surface area (Å²) in [6.45, 7) is 0. The molecule has 21 heavy (non-hydrogen) atoms. The molecule has 1 unspecified atom stereocenters. The van der Waals surface area contributed by atoms with Crippen LogP contribution in [0.5, 0.6) is 0 Å². The lowest BCUT2D eigenvalue weighted by Crippen LogP contribution is -2.16. The molecule has 0 aliphatic heterocycles. The summed E-state index contributed by atoms with van der Waals surface area (Å²) in [4.78, 5) is 13.1. The molecule has 1 atom stereocenters. The van der Waals surface area contributed by atoms with Gasteiger partial charge in [-0.15, -0.1) is 11.8 Å². The number of nitrogens with two attached hydrogens (primary N) is 1. The molecule has 0 saturated heterocycles. The molecule has 0 heterocycles. The first-order chi connectivity index (χ1) is 10.2. The Bertz CT molecular complexity index is 586. The largest absolute Gasteiger partial charge is 0.325 e. The van der Waals surface area contributed by atoms with Crippen LogP contribution in [0.4, 0.5) is 5.69 Å². The van der Waals surface area contributed by atoms with Crippen LogP contribution in [0, 0.1) is 0 Å². The Kier molecular flexibility index (Phi) is 5.84. The smallest absolute Gasteiger partial charge is 0.224 e. The van der Waals surface area contributed by atoms with E-state index in [4.69, 9.17) is 5.73 Å². The van der Waals surface area contributed by atoms with Crippen LogP contribution in [0.1, 0.15) is 24.4 Å². The highest BCUT2D eigenvalue weighted by Crippen LogP contribution is 2.25. The first-order valence-corrected chi connectivity index (χ1v) is 8.16. The van der Waals surface area contributed by atoms with Gasteiger partial charge in [-0.05, 0) is 30.4 Å². The monoisotopic (exact) mass is 300 g/mol. The number of thioether (sulfide) groups is 1. The lowest BCUT2D eigenvalue weighted by Gasteiger charge is -2.13. The minimum absolute atomic E-state index is 0.00267. The van der Waals surface area contributed by atoms with Crippen LogP contribution in [-0.4, -0.2) is 12.2 Å². The van der Waals surface area contributed by atoms with Gasteiger partial charge < -0.3 is 11.1 Å². The average Bonchev–Trinajstić information content (AvgIpc) is 2.54. The highest BCUT2D eigenvalue weighted by atomic mass is 32.2. The molecule has 0 bridgehead atoms. The van der Waals surface area contributed by atoms with Gasteiger partial charge in [0.15, 0.2) is 0 Å². The minimum Gasteiger partial charge on any atom is -0.325 e. The Hall–Kier alpha value is -1.78. The van der Waals surface area contributed by atoms with Crippen molar-refractivity contribution >= 4 is 23.4 Å². The lowest BCUT2D eigenvalue weighted by molar-refractivity contribution is -0.116. The molecule has 0 spiro atoms. The molecule has 3 nitrogen and oxygen atoms in total. The maximum absolute atomic E-state index is 12.0. The summed E-state index contributed by atoms with van der Waals surface area (Å²) in [5.41, 5.74) is 8.04. The molecule has 2 aromatic carbocycles. The van der Waals surface area contributed by atoms with Crippen molar-refractivity contribution in [3.05, 3.63) is 60.2 Å². The molecule has 2 aromatic rings. The normalized spacial score (nSPS) is 11.9. The SMILES string of the molecule is CSc1ccccc1NC(=O)CCC(N)c1ccccc1. The number of benzene rings is 2. The number of carbonyl (C=O) groups excluding carboxylic acids is 1. The van der Waals surface area contributed by atoms with Gasteiger partial charge in [-0.2, -0.15) is 0 Å². The number of nitrogens with one attached hydrogen (secondary N) is 1. The van der Waals surface area contributed by atoms with E-state index < -0.39 is 0 Å². The third-order valence-electron chi connectivity index (χ3n) is 3.29. The molecule has 2 rings (SSSR count). The van der Waals surface area contributed by atoms with Crippen LogP contribution in [0.2, 0.25) is 0 Å². The van der Waals surface area contributed by atoms with Crippen molar-refractivity contribution in [3.63, 3.8) is 0 Å². The van der Waals surface area contributed by atoms with E-state index in [2.05, 4.69) is 5.32 Å². The highest BCUT2D eigenvalue weighted by Gasteiger charge is 2.10. The van der Waals surface area contributed by atoms with Crippen molar-refractivity contribution in [2.75, 3.05) is 11.6 Å². The Balaban J connectivity index is 1.88. The maximum atomic E-state index is 12.0. The molecular formula is C17H20N2OS. The maximum Gasteiger partial charge on any atom is 0.224 e. The van der Waals surface area contributed by atoms with Gasteiger partial charge in [0.2, 0.25) is 5.91 Å². The van der Waals surface area contributed by atoms with E-state index in [1.165, 1.54) is 0 Å². The molecule has 0 fully saturated rings. The van der Waals surface area contributed by atoms with Crippen LogP contribution < -0.4 is 11.1 Å². The van der Waals surface area contributed by atoms with Gasteiger partial charge in [0.25, 0.3) is 0 Å². The molecule has 0 saturated carbocycles. The summed E-state index contributed by atoms with van der Waals surface area (Å²) in [5, 5.41) is 2.95. The zero-order valence-electron chi connectivity index (χ0n) is 12.1. The lowest BCUT2D eigenvalue weighted by atomic mass is 10.0. The van der Waals surface area contributed by atoms with Crippen LogP contribution in [0.3, 0.4) is 0 Å². The number of amides is 1. The Morgan fingerprint density at radius 1 is 1.14 bits per heavy atom. The van der Waals surface area contributed by atoms with Gasteiger partial charge in [-0.3, -0.25) is 4.79 Å². The van der Waals surface area contributed by atoms with E-state index in [-0.39, 0.29) is 11.9 Å². The molecule has 4 heteroatoms. The summed E-state index contributed by atoms with van der Waals surface area (Å²) in [7, 11) is 0. The second-order valence-corrected chi connectivity index (χ2v) is 5.65. The van der Waals surface area contributed by atoms with E-state index in [1.807, 2.05) is 60.9 Å². The third kappa shape index (κ3) is 4.62. The fourth-order valence-electron chi connectivity index (χ4n) is 2.11. The van der Waals surface area contributed by atoms with E-state index in [9.17, 15) is 4.79 Å². The quantitative estimate of drug-likeness (QED) is 0.797. The average molecular weight is 300 g/mol. The molecule has 0 aliphatic rings. The molecular weight excluding hydrogens is 280 g/mol. The van der Waals surface area contributed by atoms with Crippen LogP contribution in [0.15, 0.2) is 59.5 Å². The van der Waals surface area contributed by atoms with Gasteiger partial charge >= 0.3 is 0 Å². The van der Waals surface area contributed by atoms with Gasteiger partial charge in [-0.1, -0.05) is 42.5 Å². The van der Waals surface area contributed by atoms with Crippen molar-refractivity contribution in [2.45, 2.75) is 23.8 Å². The fourth-order valence-corrected chi connectivity index (χ4v) is 2.67. The molecule has 0 aliphatic carbocycles. The molecule has 110 valence electrons. The number of carbonyl (C=O) groups is 1. The highest BCUT2D eigenvalue weighted by molar-refractivity contribution is 7.98. The van der Waals surface area contributed by atoms with Gasteiger partial charge in [-0.25, -0.2) is 0 Å². The third-order valence-corrected chi connectivity index (χ3v) is 4.09. The second kappa shape index (κ2) is 7.86. The van der Waals surface area contributed by atoms with E-state index >= 15 is 0 Å². The first kappa shape index (κ1) is 15.6. The summed E-state index contributed by atoms with van der Waals surface area (Å²) < 4.78 is 0. The summed E-state index contributed by atoms with van der Waals surface area (Å²) in [5.74, 6) is 0.00267. The predicted octanol–water partition coefficient (Wildman–Crippen LogP) is 3.83. The topological polar surface area (TPSA) is 55.1 Å². The summed E-state index contributed by atoms with van der Waals surface area (Å²) >= 11 is 1.62. The number of hydrogen-bond donors (Lipinski definition) is 2. The van der Waals surface area contributed by atoms with E-state index in [0.717, 1.165) is 16.1 Å². The summed E-state index contributed by atoms with van der Waals surface area (Å²) in [6, 6.07) is 17.6. The Morgan fingerprint density at radius 3 is 2.52 bits per heavy atom. The first-order valence-electron chi connectivity index (χ1n) is 6.94. The Morgan fingerprint density at radius 2 is 1.81 bits per heavy atom. The molecule has 0 aromatic heterocycles. The standard InChI is InChI=1S/C17H20N2OS/c1-21-16-10-6-5-9-15(16)19-17(20)12-11-14(18)13-7-3-2-4-8-13/h2-10,14H,11-12,18H2,1H3,(H,19,20). The van der Waals surface area contributed by atoms with Crippen LogP contribution >= 0.6 is 11.8 Å². The molecule has 0 radical (unpaired) electrons. The van der Waals surface area contributed by atoms with Crippen molar-refractivity contribution in [2.24, 2.45) is 5.73 Å². The van der Waals surface area contributed by atoms with Gasteiger partial charge in [0.1, 0.15) is 0 Å². The van der Waals surface area contributed by atoms with Crippen LogP contribution in [0.25, 0.3) is 0 Å². The zero-order valence-corrected chi connectivity index (χ0v) is 12.9. The number of anilines is 1. The van der Waals surface area contributed by atoms with Crippen LogP contribution in [-0.2, 0) is 4.79 Å². The Labute approximate surface area is 129 Å². The number of rotatable bonds is 6. The fraction of sp³-hybridized carbons (Fsp3) is 0.235. The molecule has 1 amide bonds. The molecule has 3 N–H and O–H groups in total. The number of para-hydroxylation sites is 1. The second-order valence-electron chi connectivity index (χ2n) is 4.80. The van der Waals surface area contributed by atoms with Gasteiger partial charge in [0, 0.05) is 17.4 Å². The van der Waals surface area contributed by atoms with Crippen molar-refractivity contribution in [1.82, 2.24) is 0 Å². The van der Waals surface area contributed by atoms with Crippen molar-refractivity contribution < 1.29 is 4.79 Å². The van der Waals surface area contributed by atoms with Crippen molar-refractivity contribution in [1.29, 1.82) is 0 Å². The minimum atomic E-state index is -0.104. The van der Waals surface area contributed by atoms with E-state index in [1.54, 1.807) is 11.8 Å². The van der Waals surface area contributed by atoms with Crippen molar-refractivity contribution in [3.8, 4) is 0 Å². The predicted molar refractivity (Wildman–Crippen MR) is 89.5 cm³/mol. The zero-order chi connectivity index (χ0) is 15.1. The number of hydrogen-bond acceptors (Lipinski definition) is 3. The van der Waals surface area contributed by atoms with Gasteiger partial charge in [0.05, 0.1) is 5.69 Å². The van der Waals surface area contributed by atoms with E-state index in [0.29, 0.717) is 12.8 Å².